The highest BCUT2D eigenvalue weighted by Crippen LogP contribution is 2.33. The zero-order valence-corrected chi connectivity index (χ0v) is 12.0. The van der Waals surface area contributed by atoms with E-state index in [-0.39, 0.29) is 18.3 Å². The number of amides is 1. The van der Waals surface area contributed by atoms with Crippen molar-refractivity contribution in [2.45, 2.75) is 62.3 Å². The molecule has 0 aromatic heterocycles. The largest absolute Gasteiger partial charge is 0.351 e. The standard InChI is InChI=1S/C12H22N2OS.ClH/c1-2-16-10-6-3-5-9(10)14-11(15)12(13)7-4-8-12;/h9-10H,2-8,13H2,1H3,(H,14,15);1H. The van der Waals surface area contributed by atoms with E-state index in [1.807, 2.05) is 11.8 Å². The number of hydrogen-bond acceptors (Lipinski definition) is 3. The van der Waals surface area contributed by atoms with Gasteiger partial charge in [-0.1, -0.05) is 13.3 Å². The first kappa shape index (κ1) is 15.1. The summed E-state index contributed by atoms with van der Waals surface area (Å²) < 4.78 is 0. The summed E-state index contributed by atoms with van der Waals surface area (Å²) in [6.07, 6.45) is 6.41. The van der Waals surface area contributed by atoms with Crippen LogP contribution in [0.1, 0.15) is 45.4 Å². The lowest BCUT2D eigenvalue weighted by Gasteiger charge is -2.37. The molecule has 2 unspecified atom stereocenters. The third-order valence-electron chi connectivity index (χ3n) is 3.85. The normalized spacial score (nSPS) is 30.2. The highest BCUT2D eigenvalue weighted by molar-refractivity contribution is 7.99. The van der Waals surface area contributed by atoms with E-state index in [1.54, 1.807) is 0 Å². The minimum Gasteiger partial charge on any atom is -0.351 e. The number of carbonyl (C=O) groups is 1. The fourth-order valence-corrected chi connectivity index (χ4v) is 3.80. The second kappa shape index (κ2) is 6.30. The molecule has 2 saturated carbocycles. The number of nitrogens with two attached hydrogens (primary N) is 1. The van der Waals surface area contributed by atoms with E-state index in [0.29, 0.717) is 11.3 Å². The summed E-state index contributed by atoms with van der Waals surface area (Å²) in [5.41, 5.74) is 5.49. The van der Waals surface area contributed by atoms with Gasteiger partial charge in [-0.15, -0.1) is 12.4 Å². The molecule has 0 aliphatic heterocycles. The predicted octanol–water partition coefficient (Wildman–Crippen LogP) is 2.08. The van der Waals surface area contributed by atoms with E-state index in [2.05, 4.69) is 12.2 Å². The first-order chi connectivity index (χ1) is 7.65. The van der Waals surface area contributed by atoms with Crippen molar-refractivity contribution in [2.75, 3.05) is 5.75 Å². The maximum absolute atomic E-state index is 12.0. The minimum absolute atomic E-state index is 0. The van der Waals surface area contributed by atoms with Gasteiger partial charge in [-0.3, -0.25) is 4.79 Å². The summed E-state index contributed by atoms with van der Waals surface area (Å²) in [6.45, 7) is 2.18. The molecular formula is C12H23ClN2OS. The molecule has 2 rings (SSSR count). The van der Waals surface area contributed by atoms with Crippen molar-refractivity contribution in [1.82, 2.24) is 5.32 Å². The van der Waals surface area contributed by atoms with Gasteiger partial charge in [0.25, 0.3) is 0 Å². The second-order valence-corrected chi connectivity index (χ2v) is 6.53. The van der Waals surface area contributed by atoms with E-state index in [4.69, 9.17) is 5.73 Å². The quantitative estimate of drug-likeness (QED) is 0.828. The molecule has 0 aromatic carbocycles. The molecular weight excluding hydrogens is 256 g/mol. The number of halogens is 1. The average molecular weight is 279 g/mol. The third kappa shape index (κ3) is 3.30. The monoisotopic (exact) mass is 278 g/mol. The molecule has 100 valence electrons. The molecule has 5 heteroatoms. The third-order valence-corrected chi connectivity index (χ3v) is 5.17. The second-order valence-electron chi connectivity index (χ2n) is 5.01. The number of thioether (sulfide) groups is 1. The summed E-state index contributed by atoms with van der Waals surface area (Å²) in [4.78, 5) is 12.0. The van der Waals surface area contributed by atoms with E-state index in [1.165, 1.54) is 12.8 Å². The van der Waals surface area contributed by atoms with Crippen molar-refractivity contribution in [2.24, 2.45) is 5.73 Å². The summed E-state index contributed by atoms with van der Waals surface area (Å²) in [5.74, 6) is 1.22. The molecule has 0 saturated heterocycles. The smallest absolute Gasteiger partial charge is 0.240 e. The zero-order valence-electron chi connectivity index (χ0n) is 10.4. The lowest BCUT2D eigenvalue weighted by Crippen LogP contribution is -2.60. The number of hydrogen-bond donors (Lipinski definition) is 2. The molecule has 2 atom stereocenters. The molecule has 2 fully saturated rings. The highest BCUT2D eigenvalue weighted by Gasteiger charge is 2.42. The highest BCUT2D eigenvalue weighted by atomic mass is 35.5. The van der Waals surface area contributed by atoms with Gasteiger partial charge in [-0.2, -0.15) is 11.8 Å². The molecule has 0 aromatic rings. The Balaban J connectivity index is 0.00000144. The topological polar surface area (TPSA) is 55.1 Å². The molecule has 3 N–H and O–H groups in total. The van der Waals surface area contributed by atoms with E-state index in [9.17, 15) is 4.79 Å². The number of rotatable bonds is 4. The fraction of sp³-hybridized carbons (Fsp3) is 0.917. The Morgan fingerprint density at radius 2 is 2.12 bits per heavy atom. The van der Waals surface area contributed by atoms with Crippen molar-refractivity contribution >= 4 is 30.1 Å². The Kier molecular flexibility index (Phi) is 5.61. The molecule has 0 radical (unpaired) electrons. The summed E-state index contributed by atoms with van der Waals surface area (Å²) in [7, 11) is 0. The van der Waals surface area contributed by atoms with Crippen LogP contribution in [0, 0.1) is 0 Å². The Labute approximate surface area is 114 Å². The van der Waals surface area contributed by atoms with E-state index >= 15 is 0 Å². The first-order valence-electron chi connectivity index (χ1n) is 6.37. The Hall–Kier alpha value is 0.0700. The van der Waals surface area contributed by atoms with Gasteiger partial charge in [0.2, 0.25) is 5.91 Å². The van der Waals surface area contributed by atoms with Crippen molar-refractivity contribution < 1.29 is 4.79 Å². The maximum atomic E-state index is 12.0. The van der Waals surface area contributed by atoms with Crippen LogP contribution in [0.4, 0.5) is 0 Å². The van der Waals surface area contributed by atoms with Crippen LogP contribution in [0.3, 0.4) is 0 Å². The molecule has 0 spiro atoms. The van der Waals surface area contributed by atoms with Gasteiger partial charge in [0.05, 0.1) is 5.54 Å². The Morgan fingerprint density at radius 1 is 1.41 bits per heavy atom. The van der Waals surface area contributed by atoms with Crippen LogP contribution < -0.4 is 11.1 Å². The van der Waals surface area contributed by atoms with Crippen LogP contribution >= 0.6 is 24.2 Å². The Bertz CT molecular complexity index is 271. The zero-order chi connectivity index (χ0) is 11.6. The summed E-state index contributed by atoms with van der Waals surface area (Å²) >= 11 is 1.97. The lowest BCUT2D eigenvalue weighted by atomic mass is 9.77. The van der Waals surface area contributed by atoms with Gasteiger partial charge in [0, 0.05) is 11.3 Å². The minimum atomic E-state index is -0.538. The Morgan fingerprint density at radius 3 is 2.65 bits per heavy atom. The molecule has 2 aliphatic rings. The number of carbonyl (C=O) groups excluding carboxylic acids is 1. The van der Waals surface area contributed by atoms with Crippen LogP contribution in [-0.4, -0.2) is 28.5 Å². The number of nitrogens with one attached hydrogen (secondary N) is 1. The van der Waals surface area contributed by atoms with Crippen molar-refractivity contribution in [3.8, 4) is 0 Å². The lowest BCUT2D eigenvalue weighted by molar-refractivity contribution is -0.129. The van der Waals surface area contributed by atoms with Crippen molar-refractivity contribution in [3.63, 3.8) is 0 Å². The van der Waals surface area contributed by atoms with Gasteiger partial charge >= 0.3 is 0 Å². The maximum Gasteiger partial charge on any atom is 0.240 e. The average Bonchev–Trinajstić information content (AvgIpc) is 2.63. The van der Waals surface area contributed by atoms with Crippen LogP contribution in [-0.2, 0) is 4.79 Å². The van der Waals surface area contributed by atoms with Gasteiger partial charge in [-0.05, 0) is 37.9 Å². The molecule has 2 aliphatic carbocycles. The SMILES string of the molecule is CCSC1CCCC1NC(=O)C1(N)CCC1.Cl. The van der Waals surface area contributed by atoms with Gasteiger partial charge in [0.1, 0.15) is 0 Å². The van der Waals surface area contributed by atoms with E-state index in [0.717, 1.165) is 31.4 Å². The van der Waals surface area contributed by atoms with Crippen molar-refractivity contribution in [3.05, 3.63) is 0 Å². The van der Waals surface area contributed by atoms with Gasteiger partial charge in [-0.25, -0.2) is 0 Å². The molecule has 17 heavy (non-hydrogen) atoms. The summed E-state index contributed by atoms with van der Waals surface area (Å²) in [6, 6.07) is 0.360. The predicted molar refractivity (Wildman–Crippen MR) is 75.7 cm³/mol. The molecule has 3 nitrogen and oxygen atoms in total. The molecule has 0 heterocycles. The van der Waals surface area contributed by atoms with Crippen LogP contribution in [0.15, 0.2) is 0 Å². The van der Waals surface area contributed by atoms with Crippen LogP contribution in [0.2, 0.25) is 0 Å². The molecule has 1 amide bonds. The van der Waals surface area contributed by atoms with Crippen molar-refractivity contribution in [1.29, 1.82) is 0 Å². The van der Waals surface area contributed by atoms with Gasteiger partial charge < -0.3 is 11.1 Å². The van der Waals surface area contributed by atoms with Crippen LogP contribution in [0.25, 0.3) is 0 Å². The molecule has 0 bridgehead atoms. The van der Waals surface area contributed by atoms with Gasteiger partial charge in [0.15, 0.2) is 0 Å². The first-order valence-corrected chi connectivity index (χ1v) is 7.42. The van der Waals surface area contributed by atoms with E-state index < -0.39 is 5.54 Å². The fourth-order valence-electron chi connectivity index (χ4n) is 2.60. The van der Waals surface area contributed by atoms with Crippen LogP contribution in [0.5, 0.6) is 0 Å². The summed E-state index contributed by atoms with van der Waals surface area (Å²) in [5, 5.41) is 3.78.